The zero-order valence-corrected chi connectivity index (χ0v) is 11.6. The van der Waals surface area contributed by atoms with E-state index in [1.54, 1.807) is 6.92 Å². The SMILES string of the molecule is CCCCC(=O)/C(CC)=C(C)\C=C(/C)C(N)(F)F. The second-order valence-corrected chi connectivity index (χ2v) is 4.49. The first kappa shape index (κ1) is 17.0. The van der Waals surface area contributed by atoms with Gasteiger partial charge >= 0.3 is 6.05 Å². The van der Waals surface area contributed by atoms with E-state index >= 15 is 0 Å². The van der Waals surface area contributed by atoms with Crippen LogP contribution in [0, 0.1) is 0 Å². The van der Waals surface area contributed by atoms with Crippen LogP contribution in [-0.2, 0) is 4.79 Å². The van der Waals surface area contributed by atoms with E-state index in [2.05, 4.69) is 0 Å². The fourth-order valence-corrected chi connectivity index (χ4v) is 1.69. The van der Waals surface area contributed by atoms with Crippen molar-refractivity contribution in [1.29, 1.82) is 0 Å². The van der Waals surface area contributed by atoms with Crippen LogP contribution in [0.4, 0.5) is 8.78 Å². The molecule has 0 saturated carbocycles. The lowest BCUT2D eigenvalue weighted by molar-refractivity contribution is -0.115. The number of alkyl halides is 2. The maximum Gasteiger partial charge on any atom is 0.323 e. The number of halogens is 2. The highest BCUT2D eigenvalue weighted by Crippen LogP contribution is 2.21. The van der Waals surface area contributed by atoms with Crippen molar-refractivity contribution in [3.05, 3.63) is 22.8 Å². The van der Waals surface area contributed by atoms with Gasteiger partial charge in [-0.3, -0.25) is 10.5 Å². The van der Waals surface area contributed by atoms with Gasteiger partial charge in [0.15, 0.2) is 5.78 Å². The van der Waals surface area contributed by atoms with E-state index in [0.29, 0.717) is 24.0 Å². The predicted molar refractivity (Wildman–Crippen MR) is 70.4 cm³/mol. The summed E-state index contributed by atoms with van der Waals surface area (Å²) in [7, 11) is 0. The minimum Gasteiger partial charge on any atom is -0.295 e. The Kier molecular flexibility index (Phi) is 6.99. The van der Waals surface area contributed by atoms with Crippen LogP contribution in [0.1, 0.15) is 53.4 Å². The topological polar surface area (TPSA) is 43.1 Å². The molecule has 0 fully saturated rings. The number of Topliss-reactive ketones (excluding diaryl/α,β-unsaturated/α-hetero) is 1. The highest BCUT2D eigenvalue weighted by atomic mass is 19.3. The van der Waals surface area contributed by atoms with E-state index in [-0.39, 0.29) is 11.4 Å². The van der Waals surface area contributed by atoms with Crippen LogP contribution in [0.15, 0.2) is 22.8 Å². The van der Waals surface area contributed by atoms with Gasteiger partial charge in [-0.25, -0.2) is 0 Å². The van der Waals surface area contributed by atoms with E-state index in [4.69, 9.17) is 5.73 Å². The average molecular weight is 259 g/mol. The number of carbonyl (C=O) groups excluding carboxylic acids is 1. The first-order chi connectivity index (χ1) is 8.23. The Labute approximate surface area is 108 Å². The van der Waals surface area contributed by atoms with Crippen LogP contribution < -0.4 is 5.73 Å². The van der Waals surface area contributed by atoms with Crippen molar-refractivity contribution in [2.75, 3.05) is 0 Å². The molecule has 0 bridgehead atoms. The molecular formula is C14H23F2NO. The number of unbranched alkanes of at least 4 members (excludes halogenated alkanes) is 1. The molecule has 104 valence electrons. The summed E-state index contributed by atoms with van der Waals surface area (Å²) in [6.07, 6.45) is 4.10. The van der Waals surface area contributed by atoms with Crippen molar-refractivity contribution in [3.63, 3.8) is 0 Å². The molecule has 0 unspecified atom stereocenters. The highest BCUT2D eigenvalue weighted by molar-refractivity contribution is 5.96. The second-order valence-electron chi connectivity index (χ2n) is 4.49. The summed E-state index contributed by atoms with van der Waals surface area (Å²) in [6, 6.07) is -3.33. The van der Waals surface area contributed by atoms with Crippen LogP contribution in [-0.4, -0.2) is 11.8 Å². The Balaban J connectivity index is 5.10. The van der Waals surface area contributed by atoms with Crippen LogP contribution in [0.5, 0.6) is 0 Å². The average Bonchev–Trinajstić information content (AvgIpc) is 2.25. The molecule has 2 N–H and O–H groups in total. The first-order valence-corrected chi connectivity index (χ1v) is 6.32. The molecule has 0 rings (SSSR count). The molecular weight excluding hydrogens is 236 g/mol. The summed E-state index contributed by atoms with van der Waals surface area (Å²) in [5.41, 5.74) is 5.69. The van der Waals surface area contributed by atoms with Gasteiger partial charge < -0.3 is 0 Å². The Bertz CT molecular complexity index is 351. The lowest BCUT2D eigenvalue weighted by Gasteiger charge is -2.12. The molecule has 4 heteroatoms. The summed E-state index contributed by atoms with van der Waals surface area (Å²) >= 11 is 0. The number of nitrogens with two attached hydrogens (primary N) is 1. The van der Waals surface area contributed by atoms with Crippen molar-refractivity contribution in [1.82, 2.24) is 0 Å². The normalized spacial score (nSPS) is 14.5. The Hall–Kier alpha value is -1.03. The molecule has 0 aliphatic heterocycles. The summed E-state index contributed by atoms with van der Waals surface area (Å²) in [4.78, 5) is 11.9. The zero-order chi connectivity index (χ0) is 14.3. The second kappa shape index (κ2) is 7.41. The van der Waals surface area contributed by atoms with Crippen LogP contribution in [0.3, 0.4) is 0 Å². The summed E-state index contributed by atoms with van der Waals surface area (Å²) in [6.45, 7) is 6.81. The van der Waals surface area contributed by atoms with Gasteiger partial charge in [-0.2, -0.15) is 8.78 Å². The molecule has 0 atom stereocenters. The van der Waals surface area contributed by atoms with Crippen LogP contribution in [0.25, 0.3) is 0 Å². The molecule has 0 saturated heterocycles. The zero-order valence-electron chi connectivity index (χ0n) is 11.6. The molecule has 2 nitrogen and oxygen atoms in total. The molecule has 0 aliphatic carbocycles. The van der Waals surface area contributed by atoms with E-state index in [1.807, 2.05) is 13.8 Å². The lowest BCUT2D eigenvalue weighted by atomic mass is 9.97. The monoisotopic (exact) mass is 259 g/mol. The van der Waals surface area contributed by atoms with Gasteiger partial charge in [0.05, 0.1) is 0 Å². The molecule has 0 heterocycles. The largest absolute Gasteiger partial charge is 0.323 e. The van der Waals surface area contributed by atoms with Gasteiger partial charge in [0, 0.05) is 12.0 Å². The number of carbonyl (C=O) groups is 1. The van der Waals surface area contributed by atoms with E-state index < -0.39 is 6.05 Å². The minimum absolute atomic E-state index is 0.0428. The lowest BCUT2D eigenvalue weighted by Crippen LogP contribution is -2.29. The van der Waals surface area contributed by atoms with Gasteiger partial charge in [-0.1, -0.05) is 26.3 Å². The summed E-state index contributed by atoms with van der Waals surface area (Å²) < 4.78 is 25.7. The molecule has 0 amide bonds. The molecule has 0 aliphatic rings. The third-order valence-electron chi connectivity index (χ3n) is 2.88. The van der Waals surface area contributed by atoms with Crippen LogP contribution >= 0.6 is 0 Å². The molecule has 0 aromatic carbocycles. The number of ketones is 1. The van der Waals surface area contributed by atoms with E-state index in [9.17, 15) is 13.6 Å². The fourth-order valence-electron chi connectivity index (χ4n) is 1.69. The molecule has 0 aromatic rings. The predicted octanol–water partition coefficient (Wildman–Crippen LogP) is 3.97. The smallest absolute Gasteiger partial charge is 0.295 e. The maximum absolute atomic E-state index is 12.8. The molecule has 18 heavy (non-hydrogen) atoms. The van der Waals surface area contributed by atoms with Crippen molar-refractivity contribution in [2.24, 2.45) is 5.73 Å². The number of rotatable bonds is 7. The van der Waals surface area contributed by atoms with Crippen molar-refractivity contribution < 1.29 is 13.6 Å². The summed E-state index contributed by atoms with van der Waals surface area (Å²) in [5.74, 6) is 0.0428. The van der Waals surface area contributed by atoms with Crippen molar-refractivity contribution in [2.45, 2.75) is 59.4 Å². The van der Waals surface area contributed by atoms with Crippen LogP contribution in [0.2, 0.25) is 0 Å². The van der Waals surface area contributed by atoms with Gasteiger partial charge in [0.2, 0.25) is 0 Å². The first-order valence-electron chi connectivity index (χ1n) is 6.32. The Morgan fingerprint density at radius 3 is 2.22 bits per heavy atom. The minimum atomic E-state index is -3.33. The maximum atomic E-state index is 12.8. The van der Waals surface area contributed by atoms with E-state index in [1.165, 1.54) is 13.0 Å². The van der Waals surface area contributed by atoms with Gasteiger partial charge in [0.25, 0.3) is 0 Å². The van der Waals surface area contributed by atoms with Gasteiger partial charge in [-0.15, -0.1) is 0 Å². The van der Waals surface area contributed by atoms with Gasteiger partial charge in [-0.05, 0) is 37.8 Å². The third kappa shape index (κ3) is 5.54. The fraction of sp³-hybridized carbons (Fsp3) is 0.643. The molecule has 0 aromatic heterocycles. The van der Waals surface area contributed by atoms with Gasteiger partial charge in [0.1, 0.15) is 0 Å². The molecule has 0 spiro atoms. The number of hydrogen-bond donors (Lipinski definition) is 1. The quantitative estimate of drug-likeness (QED) is 0.427. The van der Waals surface area contributed by atoms with Crippen molar-refractivity contribution in [3.8, 4) is 0 Å². The van der Waals surface area contributed by atoms with Crippen molar-refractivity contribution >= 4 is 5.78 Å². The highest BCUT2D eigenvalue weighted by Gasteiger charge is 2.24. The Morgan fingerprint density at radius 2 is 1.83 bits per heavy atom. The molecule has 0 radical (unpaired) electrons. The summed E-state index contributed by atoms with van der Waals surface area (Å²) in [5, 5.41) is 0. The standard InChI is InChI=1S/C14H23F2NO/c1-5-7-8-13(18)12(6-2)10(3)9-11(4)14(15,16)17/h9H,5-8,17H2,1-4H3/b11-9+,12-10-. The number of allylic oxidation sites excluding steroid dienone is 3. The number of hydrogen-bond acceptors (Lipinski definition) is 2. The Morgan fingerprint density at radius 1 is 1.28 bits per heavy atom. The van der Waals surface area contributed by atoms with E-state index in [0.717, 1.165) is 12.8 Å². The third-order valence-corrected chi connectivity index (χ3v) is 2.88.